The molecule has 9 rings (SSSR count). The van der Waals surface area contributed by atoms with Crippen molar-refractivity contribution in [3.8, 4) is 16.9 Å². The van der Waals surface area contributed by atoms with E-state index >= 15 is 0 Å². The number of hydrogen-bond acceptors (Lipinski definition) is 1. The van der Waals surface area contributed by atoms with E-state index < -0.39 is 0 Å². The fraction of sp³-hybridized carbons (Fsp3) is 0.350. The zero-order valence-corrected chi connectivity index (χ0v) is 26.7. The molecular formula is C40H41BN2. The van der Waals surface area contributed by atoms with Crippen LogP contribution in [0.3, 0.4) is 0 Å². The summed E-state index contributed by atoms with van der Waals surface area (Å²) in [5, 5.41) is 1.40. The number of aromatic nitrogens is 1. The van der Waals surface area contributed by atoms with Crippen LogP contribution in [0, 0.1) is 13.8 Å². The molecule has 0 radical (unpaired) electrons. The highest BCUT2D eigenvalue weighted by molar-refractivity contribution is 7.00. The minimum Gasteiger partial charge on any atom is -0.335 e. The Bertz CT molecular complexity index is 2030. The maximum Gasteiger partial charge on any atom is 0.252 e. The van der Waals surface area contributed by atoms with Crippen LogP contribution in [0.2, 0.25) is 0 Å². The molecular weight excluding hydrogens is 519 g/mol. The van der Waals surface area contributed by atoms with Gasteiger partial charge < -0.3 is 9.47 Å². The SMILES string of the molecule is Cc1cc2c3c(c1)-n1c(-c4ccccc4)c(C)c4cc(C(C)(C)C)cc(c41)B3c1cccc3c1N2C1(C)CCCCC31C. The molecule has 2 unspecified atom stereocenters. The summed E-state index contributed by atoms with van der Waals surface area (Å²) in [6.45, 7) is 17.1. The smallest absolute Gasteiger partial charge is 0.252 e. The normalized spacial score (nSPS) is 23.0. The molecule has 0 bridgehead atoms. The first-order valence-electron chi connectivity index (χ1n) is 16.4. The van der Waals surface area contributed by atoms with E-state index in [0.717, 1.165) is 0 Å². The van der Waals surface area contributed by atoms with Gasteiger partial charge in [-0.25, -0.2) is 0 Å². The number of anilines is 2. The predicted molar refractivity (Wildman–Crippen MR) is 184 cm³/mol. The third kappa shape index (κ3) is 2.97. The molecule has 1 aliphatic carbocycles. The first-order chi connectivity index (χ1) is 20.5. The lowest BCUT2D eigenvalue weighted by atomic mass is 9.33. The average Bonchev–Trinajstić information content (AvgIpc) is 3.39. The Morgan fingerprint density at radius 2 is 1.53 bits per heavy atom. The third-order valence-electron chi connectivity index (χ3n) is 12.1. The fourth-order valence-corrected chi connectivity index (χ4v) is 9.74. The van der Waals surface area contributed by atoms with Crippen LogP contribution >= 0.6 is 0 Å². The highest BCUT2D eigenvalue weighted by atomic mass is 15.3. The number of nitrogens with zero attached hydrogens (tertiary/aromatic N) is 2. The Labute approximate surface area is 256 Å². The molecule has 1 saturated carbocycles. The molecule has 0 N–H and O–H groups in total. The largest absolute Gasteiger partial charge is 0.335 e. The van der Waals surface area contributed by atoms with Gasteiger partial charge in [0.05, 0.1) is 11.2 Å². The summed E-state index contributed by atoms with van der Waals surface area (Å²) in [6.07, 6.45) is 5.11. The third-order valence-corrected chi connectivity index (χ3v) is 12.1. The molecule has 0 spiro atoms. The monoisotopic (exact) mass is 560 g/mol. The molecule has 4 heterocycles. The van der Waals surface area contributed by atoms with Crippen molar-refractivity contribution in [3.05, 3.63) is 95.1 Å². The molecule has 214 valence electrons. The van der Waals surface area contributed by atoms with Crippen LogP contribution in [-0.4, -0.2) is 16.8 Å². The molecule has 2 atom stereocenters. The zero-order valence-electron chi connectivity index (χ0n) is 26.7. The van der Waals surface area contributed by atoms with Crippen LogP contribution in [0.25, 0.3) is 27.8 Å². The Balaban J connectivity index is 1.48. The second kappa shape index (κ2) is 8.06. The molecule has 2 nitrogen and oxygen atoms in total. The van der Waals surface area contributed by atoms with E-state index in [-0.39, 0.29) is 23.1 Å². The van der Waals surface area contributed by atoms with Crippen LogP contribution < -0.4 is 21.3 Å². The topological polar surface area (TPSA) is 8.17 Å². The fourth-order valence-electron chi connectivity index (χ4n) is 9.74. The molecule has 3 heteroatoms. The first-order valence-corrected chi connectivity index (χ1v) is 16.4. The van der Waals surface area contributed by atoms with Gasteiger partial charge in [0.2, 0.25) is 0 Å². The minimum atomic E-state index is 0.0533. The molecule has 5 aromatic rings. The zero-order chi connectivity index (χ0) is 29.6. The van der Waals surface area contributed by atoms with Gasteiger partial charge >= 0.3 is 0 Å². The van der Waals surface area contributed by atoms with E-state index in [1.807, 2.05) is 0 Å². The van der Waals surface area contributed by atoms with E-state index in [1.54, 1.807) is 5.56 Å². The molecule has 4 aromatic carbocycles. The first kappa shape index (κ1) is 25.8. The highest BCUT2D eigenvalue weighted by Crippen LogP contribution is 2.61. The standard InChI is InChI=1S/C40H41BN2/c1-24-20-32-34-33(21-24)43-37-29(39(6)18-11-12-19-40(39,43)7)16-13-17-30(37)41(34)31-23-27(38(3,4)5)22-28-25(2)35(42(32)36(28)31)26-14-9-8-10-15-26/h8-10,13-17,20-23H,11-12,18-19H2,1-7H3. The lowest BCUT2D eigenvalue weighted by Crippen LogP contribution is -2.64. The van der Waals surface area contributed by atoms with Crippen molar-refractivity contribution in [2.75, 3.05) is 4.90 Å². The summed E-state index contributed by atoms with van der Waals surface area (Å²) in [7, 11) is 0. The van der Waals surface area contributed by atoms with Crippen molar-refractivity contribution >= 4 is 45.4 Å². The Kier molecular flexibility index (Phi) is 4.82. The van der Waals surface area contributed by atoms with Crippen molar-refractivity contribution in [3.63, 3.8) is 0 Å². The summed E-state index contributed by atoms with van der Waals surface area (Å²) in [6, 6.07) is 28.5. The number of aryl methyl sites for hydroxylation is 2. The molecule has 1 fully saturated rings. The van der Waals surface area contributed by atoms with Gasteiger partial charge in [-0.05, 0) is 101 Å². The Hall–Kier alpha value is -3.72. The summed E-state index contributed by atoms with van der Waals surface area (Å²) in [5.41, 5.74) is 18.8. The van der Waals surface area contributed by atoms with Gasteiger partial charge in [0.25, 0.3) is 6.71 Å². The summed E-state index contributed by atoms with van der Waals surface area (Å²) in [5.74, 6) is 0. The average molecular weight is 561 g/mol. The number of fused-ring (bicyclic) bond motifs is 7. The van der Waals surface area contributed by atoms with Gasteiger partial charge in [0.1, 0.15) is 0 Å². The van der Waals surface area contributed by atoms with E-state index in [2.05, 4.69) is 131 Å². The van der Waals surface area contributed by atoms with Crippen LogP contribution in [0.15, 0.2) is 72.8 Å². The second-order valence-electron chi connectivity index (χ2n) is 15.4. The Morgan fingerprint density at radius 3 is 2.30 bits per heavy atom. The van der Waals surface area contributed by atoms with Gasteiger partial charge in [-0.1, -0.05) is 95.1 Å². The van der Waals surface area contributed by atoms with Crippen LogP contribution in [0.4, 0.5) is 11.4 Å². The molecule has 1 aromatic heterocycles. The van der Waals surface area contributed by atoms with Crippen molar-refractivity contribution < 1.29 is 0 Å². The van der Waals surface area contributed by atoms with E-state index in [9.17, 15) is 0 Å². The molecule has 43 heavy (non-hydrogen) atoms. The number of rotatable bonds is 1. The molecule has 0 saturated heterocycles. The molecule has 3 aliphatic heterocycles. The number of benzene rings is 4. The van der Waals surface area contributed by atoms with Crippen molar-refractivity contribution in [1.82, 2.24) is 4.57 Å². The second-order valence-corrected chi connectivity index (χ2v) is 15.4. The Morgan fingerprint density at radius 1 is 0.791 bits per heavy atom. The lowest BCUT2D eigenvalue weighted by Gasteiger charge is -2.52. The molecule has 0 amide bonds. The summed E-state index contributed by atoms with van der Waals surface area (Å²) in [4.78, 5) is 2.84. The van der Waals surface area contributed by atoms with E-state index in [0.29, 0.717) is 0 Å². The van der Waals surface area contributed by atoms with Gasteiger partial charge in [0, 0.05) is 33.4 Å². The predicted octanol–water partition coefficient (Wildman–Crippen LogP) is 8.10. The van der Waals surface area contributed by atoms with Crippen molar-refractivity contribution in [1.29, 1.82) is 0 Å². The highest BCUT2D eigenvalue weighted by Gasteiger charge is 2.61. The van der Waals surface area contributed by atoms with Crippen LogP contribution in [0.1, 0.15) is 82.6 Å². The maximum absolute atomic E-state index is 2.84. The van der Waals surface area contributed by atoms with Crippen LogP contribution in [-0.2, 0) is 10.8 Å². The van der Waals surface area contributed by atoms with Gasteiger partial charge in [-0.3, -0.25) is 0 Å². The number of para-hydroxylation sites is 1. The minimum absolute atomic E-state index is 0.0533. The van der Waals surface area contributed by atoms with E-state index in [4.69, 9.17) is 0 Å². The number of hydrogen-bond donors (Lipinski definition) is 0. The van der Waals surface area contributed by atoms with Gasteiger partial charge in [-0.2, -0.15) is 0 Å². The van der Waals surface area contributed by atoms with Crippen molar-refractivity contribution in [2.45, 2.75) is 90.5 Å². The van der Waals surface area contributed by atoms with Gasteiger partial charge in [-0.15, -0.1) is 0 Å². The van der Waals surface area contributed by atoms with Gasteiger partial charge in [0.15, 0.2) is 0 Å². The summed E-state index contributed by atoms with van der Waals surface area (Å²) < 4.78 is 2.65. The maximum atomic E-state index is 2.84. The lowest BCUT2D eigenvalue weighted by molar-refractivity contribution is 0.195. The van der Waals surface area contributed by atoms with Crippen LogP contribution in [0.5, 0.6) is 0 Å². The summed E-state index contributed by atoms with van der Waals surface area (Å²) >= 11 is 0. The van der Waals surface area contributed by atoms with E-state index in [1.165, 1.54) is 98.0 Å². The van der Waals surface area contributed by atoms with Crippen molar-refractivity contribution in [2.24, 2.45) is 0 Å². The molecule has 4 aliphatic rings. The quantitative estimate of drug-likeness (QED) is 0.185.